The molecule has 0 aromatic carbocycles. The third-order valence-corrected chi connectivity index (χ3v) is 1.11. The molecule has 3 nitrogen and oxygen atoms in total. The van der Waals surface area contributed by atoms with Crippen LogP contribution in [0, 0.1) is 11.3 Å². The van der Waals surface area contributed by atoms with Crippen LogP contribution in [-0.2, 0) is 4.74 Å². The lowest BCUT2D eigenvalue weighted by atomic mass is 10.3. The van der Waals surface area contributed by atoms with Gasteiger partial charge in [-0.05, 0) is 0 Å². The van der Waals surface area contributed by atoms with E-state index in [4.69, 9.17) is 10.00 Å². The van der Waals surface area contributed by atoms with Gasteiger partial charge in [0.2, 0.25) is 0 Å². The van der Waals surface area contributed by atoms with Crippen molar-refractivity contribution in [2.75, 3.05) is 19.8 Å². The standard InChI is InChI=1S/C5H8N2O/c6-1-2-7-5-3-8-4-5/h5,7H,2-4H2. The highest BCUT2D eigenvalue weighted by Gasteiger charge is 2.15. The van der Waals surface area contributed by atoms with E-state index in [0.29, 0.717) is 12.6 Å². The zero-order chi connectivity index (χ0) is 5.82. The summed E-state index contributed by atoms with van der Waals surface area (Å²) in [5.41, 5.74) is 0. The predicted octanol–water partition coefficient (Wildman–Crippen LogP) is -0.502. The molecule has 0 aromatic heterocycles. The quantitative estimate of drug-likeness (QED) is 0.490. The molecular formula is C5H8N2O. The van der Waals surface area contributed by atoms with E-state index in [9.17, 15) is 0 Å². The number of rotatable bonds is 2. The van der Waals surface area contributed by atoms with Gasteiger partial charge in [0.05, 0.1) is 31.9 Å². The Hall–Kier alpha value is -0.590. The second kappa shape index (κ2) is 2.65. The molecule has 1 N–H and O–H groups in total. The maximum atomic E-state index is 8.08. The molecule has 1 fully saturated rings. The van der Waals surface area contributed by atoms with E-state index in [1.54, 1.807) is 0 Å². The summed E-state index contributed by atoms with van der Waals surface area (Å²) in [5.74, 6) is 0. The van der Waals surface area contributed by atoms with Crippen LogP contribution in [0.4, 0.5) is 0 Å². The minimum Gasteiger partial charge on any atom is -0.378 e. The first-order valence-electron chi connectivity index (χ1n) is 2.61. The van der Waals surface area contributed by atoms with Crippen LogP contribution in [-0.4, -0.2) is 25.8 Å². The third kappa shape index (κ3) is 1.19. The first kappa shape index (κ1) is 5.54. The summed E-state index contributed by atoms with van der Waals surface area (Å²) < 4.78 is 4.86. The molecule has 44 valence electrons. The van der Waals surface area contributed by atoms with Crippen molar-refractivity contribution >= 4 is 0 Å². The van der Waals surface area contributed by atoms with Crippen molar-refractivity contribution in [3.05, 3.63) is 0 Å². The van der Waals surface area contributed by atoms with Gasteiger partial charge >= 0.3 is 0 Å². The van der Waals surface area contributed by atoms with E-state index in [1.807, 2.05) is 6.07 Å². The number of ether oxygens (including phenoxy) is 1. The number of nitrogens with zero attached hydrogens (tertiary/aromatic N) is 1. The van der Waals surface area contributed by atoms with Gasteiger partial charge in [0.15, 0.2) is 0 Å². The summed E-state index contributed by atoms with van der Waals surface area (Å²) >= 11 is 0. The summed E-state index contributed by atoms with van der Waals surface area (Å²) in [6.45, 7) is 1.97. The highest BCUT2D eigenvalue weighted by molar-refractivity contribution is 4.80. The van der Waals surface area contributed by atoms with E-state index < -0.39 is 0 Å². The van der Waals surface area contributed by atoms with Crippen molar-refractivity contribution in [3.8, 4) is 6.07 Å². The molecule has 0 aliphatic carbocycles. The summed E-state index contributed by atoms with van der Waals surface area (Å²) in [7, 11) is 0. The lowest BCUT2D eigenvalue weighted by Gasteiger charge is -2.25. The van der Waals surface area contributed by atoms with Crippen LogP contribution in [0.3, 0.4) is 0 Å². The molecule has 0 bridgehead atoms. The molecule has 0 aromatic rings. The molecule has 0 unspecified atom stereocenters. The van der Waals surface area contributed by atoms with Crippen LogP contribution in [0.2, 0.25) is 0 Å². The molecule has 1 rings (SSSR count). The van der Waals surface area contributed by atoms with Gasteiger partial charge in [-0.2, -0.15) is 5.26 Å². The second-order valence-electron chi connectivity index (χ2n) is 1.77. The fraction of sp³-hybridized carbons (Fsp3) is 0.800. The monoisotopic (exact) mass is 112 g/mol. The summed E-state index contributed by atoms with van der Waals surface area (Å²) in [5, 5.41) is 11.1. The Bertz CT molecular complexity index is 103. The average Bonchev–Trinajstić information content (AvgIpc) is 1.63. The van der Waals surface area contributed by atoms with Gasteiger partial charge in [-0.15, -0.1) is 0 Å². The third-order valence-electron chi connectivity index (χ3n) is 1.11. The first-order valence-corrected chi connectivity index (χ1v) is 2.61. The van der Waals surface area contributed by atoms with Gasteiger partial charge in [-0.25, -0.2) is 0 Å². The van der Waals surface area contributed by atoms with Crippen molar-refractivity contribution in [2.45, 2.75) is 6.04 Å². The van der Waals surface area contributed by atoms with E-state index in [0.717, 1.165) is 13.2 Å². The van der Waals surface area contributed by atoms with Crippen molar-refractivity contribution in [3.63, 3.8) is 0 Å². The molecule has 3 heteroatoms. The normalized spacial score (nSPS) is 19.4. The van der Waals surface area contributed by atoms with Gasteiger partial charge < -0.3 is 4.74 Å². The average molecular weight is 112 g/mol. The molecule has 8 heavy (non-hydrogen) atoms. The Kier molecular flexibility index (Phi) is 1.84. The lowest BCUT2D eigenvalue weighted by Crippen LogP contribution is -2.45. The van der Waals surface area contributed by atoms with Gasteiger partial charge in [0, 0.05) is 0 Å². The van der Waals surface area contributed by atoms with Crippen LogP contribution >= 0.6 is 0 Å². The zero-order valence-electron chi connectivity index (χ0n) is 4.55. The van der Waals surface area contributed by atoms with Crippen LogP contribution < -0.4 is 5.32 Å². The Morgan fingerprint density at radius 1 is 1.75 bits per heavy atom. The van der Waals surface area contributed by atoms with Gasteiger partial charge in [0.1, 0.15) is 0 Å². The molecule has 0 spiro atoms. The van der Waals surface area contributed by atoms with E-state index in [1.165, 1.54) is 0 Å². The fourth-order valence-electron chi connectivity index (χ4n) is 0.544. The zero-order valence-corrected chi connectivity index (χ0v) is 4.55. The van der Waals surface area contributed by atoms with Crippen molar-refractivity contribution in [1.82, 2.24) is 5.32 Å². The summed E-state index contributed by atoms with van der Waals surface area (Å²) in [6.07, 6.45) is 0. The Morgan fingerprint density at radius 3 is 2.88 bits per heavy atom. The number of nitriles is 1. The van der Waals surface area contributed by atoms with E-state index >= 15 is 0 Å². The van der Waals surface area contributed by atoms with E-state index in [2.05, 4.69) is 5.32 Å². The molecule has 1 aliphatic rings. The lowest BCUT2D eigenvalue weighted by molar-refractivity contribution is -0.00327. The smallest absolute Gasteiger partial charge is 0.0844 e. The Balaban J connectivity index is 1.95. The number of nitrogens with one attached hydrogen (secondary N) is 1. The molecule has 1 aliphatic heterocycles. The summed E-state index contributed by atoms with van der Waals surface area (Å²) in [6, 6.07) is 2.44. The Morgan fingerprint density at radius 2 is 2.50 bits per heavy atom. The SMILES string of the molecule is N#CCNC1COC1. The van der Waals surface area contributed by atoms with Gasteiger partial charge in [-0.3, -0.25) is 5.32 Å². The van der Waals surface area contributed by atoms with E-state index in [-0.39, 0.29) is 0 Å². The number of hydrogen-bond donors (Lipinski definition) is 1. The van der Waals surface area contributed by atoms with Crippen LogP contribution in [0.5, 0.6) is 0 Å². The summed E-state index contributed by atoms with van der Waals surface area (Å²) in [4.78, 5) is 0. The highest BCUT2D eigenvalue weighted by atomic mass is 16.5. The second-order valence-corrected chi connectivity index (χ2v) is 1.77. The molecule has 0 amide bonds. The van der Waals surface area contributed by atoms with Gasteiger partial charge in [-0.1, -0.05) is 0 Å². The topological polar surface area (TPSA) is 45.0 Å². The van der Waals surface area contributed by atoms with Crippen molar-refractivity contribution in [2.24, 2.45) is 0 Å². The maximum Gasteiger partial charge on any atom is 0.0844 e. The largest absolute Gasteiger partial charge is 0.378 e. The Labute approximate surface area is 48.2 Å². The highest BCUT2D eigenvalue weighted by Crippen LogP contribution is 1.97. The predicted molar refractivity (Wildman–Crippen MR) is 28.2 cm³/mol. The minimum absolute atomic E-state index is 0.439. The molecule has 0 saturated carbocycles. The molecule has 0 atom stereocenters. The van der Waals surface area contributed by atoms with Crippen LogP contribution in [0.25, 0.3) is 0 Å². The molecule has 1 saturated heterocycles. The number of hydrogen-bond acceptors (Lipinski definition) is 3. The van der Waals surface area contributed by atoms with Crippen LogP contribution in [0.15, 0.2) is 0 Å². The first-order chi connectivity index (χ1) is 3.93. The van der Waals surface area contributed by atoms with Crippen molar-refractivity contribution < 1.29 is 4.74 Å². The molecular weight excluding hydrogens is 104 g/mol. The molecule has 1 heterocycles. The maximum absolute atomic E-state index is 8.08. The fourth-order valence-corrected chi connectivity index (χ4v) is 0.544. The minimum atomic E-state index is 0.439. The van der Waals surface area contributed by atoms with Crippen LogP contribution in [0.1, 0.15) is 0 Å². The molecule has 0 radical (unpaired) electrons. The van der Waals surface area contributed by atoms with Crippen molar-refractivity contribution in [1.29, 1.82) is 5.26 Å². The van der Waals surface area contributed by atoms with Gasteiger partial charge in [0.25, 0.3) is 0 Å².